The van der Waals surface area contributed by atoms with Crippen molar-refractivity contribution in [2.75, 3.05) is 18.1 Å². The minimum Gasteiger partial charge on any atom is -0.368 e. The van der Waals surface area contributed by atoms with Crippen LogP contribution in [0.1, 0.15) is 50.7 Å². The zero-order chi connectivity index (χ0) is 17.1. The van der Waals surface area contributed by atoms with E-state index in [0.717, 1.165) is 50.9 Å². The summed E-state index contributed by atoms with van der Waals surface area (Å²) in [5.74, 6) is 0.853. The van der Waals surface area contributed by atoms with Gasteiger partial charge >= 0.3 is 0 Å². The third-order valence-electron chi connectivity index (χ3n) is 4.92. The highest BCUT2D eigenvalue weighted by molar-refractivity contribution is 9.09. The predicted octanol–water partition coefficient (Wildman–Crippen LogP) is 4.50. The van der Waals surface area contributed by atoms with Crippen LogP contribution in [0.3, 0.4) is 0 Å². The third kappa shape index (κ3) is 4.20. The minimum atomic E-state index is -0.228. The number of hydrogen-bond donors (Lipinski definition) is 0. The van der Waals surface area contributed by atoms with Crippen LogP contribution in [0, 0.1) is 5.92 Å². The molecular weight excluding hydrogens is 366 g/mol. The molecule has 2 atom stereocenters. The molecule has 0 spiro atoms. The largest absolute Gasteiger partial charge is 0.368 e. The summed E-state index contributed by atoms with van der Waals surface area (Å²) in [7, 11) is 0. The number of carbonyl (C=O) groups excluding carboxylic acids is 1. The summed E-state index contributed by atoms with van der Waals surface area (Å²) in [6.07, 6.45) is 5.97. The second-order valence-corrected chi connectivity index (χ2v) is 8.78. The number of ether oxygens (including phenoxy) is 1. The van der Waals surface area contributed by atoms with Crippen molar-refractivity contribution in [3.63, 3.8) is 0 Å². The van der Waals surface area contributed by atoms with Gasteiger partial charge in [-0.15, -0.1) is 0 Å². The molecule has 0 N–H and O–H groups in total. The zero-order valence-electron chi connectivity index (χ0n) is 14.8. The summed E-state index contributed by atoms with van der Waals surface area (Å²) in [4.78, 5) is 15.2. The van der Waals surface area contributed by atoms with Crippen LogP contribution >= 0.6 is 15.9 Å². The van der Waals surface area contributed by atoms with Crippen molar-refractivity contribution in [2.24, 2.45) is 5.92 Å². The Morgan fingerprint density at radius 3 is 2.92 bits per heavy atom. The Labute approximate surface area is 153 Å². The Hall–Kier alpha value is -0.870. The van der Waals surface area contributed by atoms with Gasteiger partial charge in [0.25, 0.3) is 5.91 Å². The van der Waals surface area contributed by atoms with E-state index in [1.54, 1.807) is 0 Å². The molecule has 2 heterocycles. The molecule has 1 amide bonds. The fourth-order valence-corrected chi connectivity index (χ4v) is 4.92. The van der Waals surface area contributed by atoms with E-state index in [2.05, 4.69) is 48.0 Å². The molecular formula is C20H28BrNO2. The first-order valence-corrected chi connectivity index (χ1v) is 10.1. The number of amides is 1. The van der Waals surface area contributed by atoms with Crippen LogP contribution in [0.4, 0.5) is 5.69 Å². The first-order chi connectivity index (χ1) is 11.5. The summed E-state index contributed by atoms with van der Waals surface area (Å²) in [5.41, 5.74) is 3.78. The van der Waals surface area contributed by atoms with Gasteiger partial charge in [0.2, 0.25) is 0 Å². The number of anilines is 1. The summed E-state index contributed by atoms with van der Waals surface area (Å²) in [6, 6.07) is 6.64. The molecule has 0 aliphatic carbocycles. The molecule has 1 aromatic rings. The lowest BCUT2D eigenvalue weighted by molar-refractivity contribution is -0.127. The van der Waals surface area contributed by atoms with Crippen LogP contribution in [-0.4, -0.2) is 30.0 Å². The number of hydrogen-bond acceptors (Lipinski definition) is 2. The normalized spacial score (nSPS) is 21.8. The Kier molecular flexibility index (Phi) is 5.98. The van der Waals surface area contributed by atoms with Gasteiger partial charge in [0.15, 0.2) is 0 Å². The molecule has 0 aromatic heterocycles. The lowest BCUT2D eigenvalue weighted by Crippen LogP contribution is -2.42. The molecule has 0 radical (unpaired) electrons. The lowest BCUT2D eigenvalue weighted by atomic mass is 9.95. The Bertz CT molecular complexity index is 581. The maximum atomic E-state index is 12.7. The average molecular weight is 394 g/mol. The average Bonchev–Trinajstić information content (AvgIpc) is 3.07. The molecule has 1 aromatic carbocycles. The topological polar surface area (TPSA) is 29.5 Å². The number of nitrogens with zero attached hydrogens (tertiary/aromatic N) is 1. The Morgan fingerprint density at radius 1 is 1.38 bits per heavy atom. The second-order valence-electron chi connectivity index (χ2n) is 7.49. The van der Waals surface area contributed by atoms with E-state index in [4.69, 9.17) is 4.74 Å². The molecule has 2 aliphatic rings. The zero-order valence-corrected chi connectivity index (χ0v) is 16.3. The van der Waals surface area contributed by atoms with E-state index in [9.17, 15) is 4.79 Å². The van der Waals surface area contributed by atoms with Crippen LogP contribution in [0.25, 0.3) is 0 Å². The molecule has 132 valence electrons. The fourth-order valence-electron chi connectivity index (χ4n) is 3.80. The predicted molar refractivity (Wildman–Crippen MR) is 102 cm³/mol. The van der Waals surface area contributed by atoms with Gasteiger partial charge in [0, 0.05) is 23.7 Å². The van der Waals surface area contributed by atoms with Crippen LogP contribution in [-0.2, 0) is 22.4 Å². The number of rotatable bonds is 5. The van der Waals surface area contributed by atoms with Gasteiger partial charge in [-0.3, -0.25) is 4.79 Å². The highest BCUT2D eigenvalue weighted by Crippen LogP contribution is 2.31. The molecule has 0 bridgehead atoms. The first-order valence-electron chi connectivity index (χ1n) is 9.23. The van der Waals surface area contributed by atoms with Crippen LogP contribution in [0.5, 0.6) is 0 Å². The van der Waals surface area contributed by atoms with E-state index in [0.29, 0.717) is 10.7 Å². The van der Waals surface area contributed by atoms with Crippen molar-refractivity contribution in [2.45, 2.75) is 63.3 Å². The Morgan fingerprint density at radius 2 is 2.21 bits per heavy atom. The third-order valence-corrected chi connectivity index (χ3v) is 5.62. The van der Waals surface area contributed by atoms with Gasteiger partial charge in [-0.25, -0.2) is 0 Å². The number of halogens is 1. The summed E-state index contributed by atoms with van der Waals surface area (Å²) in [5, 5.41) is 0. The molecule has 3 rings (SSSR count). The maximum Gasteiger partial charge on any atom is 0.256 e. The number of alkyl halides is 1. The molecule has 0 saturated carbocycles. The number of aryl methyl sites for hydroxylation is 1. The van der Waals surface area contributed by atoms with Gasteiger partial charge < -0.3 is 9.64 Å². The molecule has 4 heteroatoms. The van der Waals surface area contributed by atoms with Gasteiger partial charge in [0.1, 0.15) is 6.10 Å². The van der Waals surface area contributed by atoms with Gasteiger partial charge in [-0.05, 0) is 61.6 Å². The van der Waals surface area contributed by atoms with Crippen LogP contribution in [0.2, 0.25) is 0 Å². The summed E-state index contributed by atoms with van der Waals surface area (Å²) < 4.78 is 5.60. The minimum absolute atomic E-state index is 0.152. The van der Waals surface area contributed by atoms with E-state index < -0.39 is 0 Å². The van der Waals surface area contributed by atoms with Crippen molar-refractivity contribution in [3.8, 4) is 0 Å². The summed E-state index contributed by atoms with van der Waals surface area (Å²) in [6.45, 7) is 6.06. The summed E-state index contributed by atoms with van der Waals surface area (Å²) >= 11 is 3.81. The molecule has 24 heavy (non-hydrogen) atoms. The van der Waals surface area contributed by atoms with Crippen molar-refractivity contribution < 1.29 is 9.53 Å². The number of fused-ring (bicyclic) bond motifs is 1. The molecule has 2 unspecified atom stereocenters. The molecule has 2 aliphatic heterocycles. The highest BCUT2D eigenvalue weighted by atomic mass is 79.9. The monoisotopic (exact) mass is 393 g/mol. The van der Waals surface area contributed by atoms with Crippen molar-refractivity contribution in [1.82, 2.24) is 0 Å². The number of carbonyl (C=O) groups is 1. The second kappa shape index (κ2) is 8.01. The van der Waals surface area contributed by atoms with Gasteiger partial charge in [-0.1, -0.05) is 41.9 Å². The van der Waals surface area contributed by atoms with Crippen molar-refractivity contribution in [3.05, 3.63) is 29.3 Å². The maximum absolute atomic E-state index is 12.7. The quantitative estimate of drug-likeness (QED) is 0.689. The molecule has 3 nitrogen and oxygen atoms in total. The van der Waals surface area contributed by atoms with Gasteiger partial charge in [0.05, 0.1) is 0 Å². The molecule has 1 saturated heterocycles. The SMILES string of the molecule is CC(C)CC(Br)Cc1ccc2c(c1)CCCN2C(=O)C1CCCO1. The van der Waals surface area contributed by atoms with E-state index in [1.807, 2.05) is 4.90 Å². The lowest BCUT2D eigenvalue weighted by Gasteiger charge is -2.31. The van der Waals surface area contributed by atoms with Crippen molar-refractivity contribution in [1.29, 1.82) is 0 Å². The fraction of sp³-hybridized carbons (Fsp3) is 0.650. The standard InChI is InChI=1S/C20H28BrNO2/c1-14(2)11-17(21)13-15-7-8-18-16(12-15)5-3-9-22(18)20(23)19-6-4-10-24-19/h7-8,12,14,17,19H,3-6,9-11,13H2,1-2H3. The van der Waals surface area contributed by atoms with E-state index in [1.165, 1.54) is 17.5 Å². The molecule has 1 fully saturated rings. The van der Waals surface area contributed by atoms with E-state index in [-0.39, 0.29) is 12.0 Å². The number of benzene rings is 1. The van der Waals surface area contributed by atoms with Crippen molar-refractivity contribution >= 4 is 27.5 Å². The van der Waals surface area contributed by atoms with Crippen LogP contribution in [0.15, 0.2) is 18.2 Å². The van der Waals surface area contributed by atoms with Gasteiger partial charge in [-0.2, -0.15) is 0 Å². The highest BCUT2D eigenvalue weighted by Gasteiger charge is 2.31. The Balaban J connectivity index is 1.73. The first kappa shape index (κ1) is 17.9. The van der Waals surface area contributed by atoms with E-state index >= 15 is 0 Å². The smallest absolute Gasteiger partial charge is 0.256 e. The van der Waals surface area contributed by atoms with Crippen LogP contribution < -0.4 is 4.90 Å².